The minimum Gasteiger partial charge on any atom is -0.466 e. The van der Waals surface area contributed by atoms with Crippen molar-refractivity contribution in [2.45, 2.75) is 90.1 Å². The Hall–Kier alpha value is -3.95. The highest BCUT2D eigenvalue weighted by Gasteiger charge is 2.52. The summed E-state index contributed by atoms with van der Waals surface area (Å²) in [5.41, 5.74) is 3.78. The third-order valence-electron chi connectivity index (χ3n) is 10.6. The van der Waals surface area contributed by atoms with Crippen molar-refractivity contribution in [3.8, 4) is 16.9 Å². The Kier molecular flexibility index (Phi) is 10.9. The van der Waals surface area contributed by atoms with Crippen molar-refractivity contribution in [3.05, 3.63) is 65.7 Å². The molecule has 4 aliphatic rings. The number of benzene rings is 3. The maximum absolute atomic E-state index is 13.2. The monoisotopic (exact) mass is 671 g/mol. The fourth-order valence-corrected chi connectivity index (χ4v) is 8.84. The largest absolute Gasteiger partial charge is 0.466 e. The van der Waals surface area contributed by atoms with Crippen LogP contribution in [0.2, 0.25) is 0 Å². The number of carbonyl (C=O) groups excluding carboxylic acids is 3. The van der Waals surface area contributed by atoms with Gasteiger partial charge in [0.15, 0.2) is 0 Å². The van der Waals surface area contributed by atoms with Crippen molar-refractivity contribution in [1.29, 1.82) is 0 Å². The van der Waals surface area contributed by atoms with Crippen molar-refractivity contribution < 1.29 is 38.1 Å². The highest BCUT2D eigenvalue weighted by atomic mass is 16.8. The van der Waals surface area contributed by atoms with Gasteiger partial charge in [0.25, 0.3) is 5.91 Å². The van der Waals surface area contributed by atoms with Crippen LogP contribution in [0.15, 0.2) is 54.6 Å². The number of fused-ring (bicyclic) bond motifs is 1. The molecule has 0 heterocycles. The van der Waals surface area contributed by atoms with Crippen molar-refractivity contribution in [3.63, 3.8) is 0 Å². The van der Waals surface area contributed by atoms with Gasteiger partial charge in [0, 0.05) is 24.7 Å². The first-order valence-corrected chi connectivity index (χ1v) is 17.9. The van der Waals surface area contributed by atoms with Gasteiger partial charge in [-0.25, -0.2) is 4.79 Å². The summed E-state index contributed by atoms with van der Waals surface area (Å²) >= 11 is 0. The fraction of sp³-hybridized carbons (Fsp3) is 0.525. The topological polar surface area (TPSA) is 109 Å². The average molecular weight is 672 g/mol. The molecule has 0 spiro atoms. The highest BCUT2D eigenvalue weighted by molar-refractivity contribution is 5.97. The molecule has 0 saturated heterocycles. The summed E-state index contributed by atoms with van der Waals surface area (Å²) in [7, 11) is 1.61. The van der Waals surface area contributed by atoms with Crippen LogP contribution < -0.4 is 10.1 Å². The maximum atomic E-state index is 13.2. The Labute approximate surface area is 289 Å². The van der Waals surface area contributed by atoms with Crippen LogP contribution in [-0.2, 0) is 34.0 Å². The van der Waals surface area contributed by atoms with Gasteiger partial charge < -0.3 is 29.0 Å². The van der Waals surface area contributed by atoms with Gasteiger partial charge in [-0.3, -0.25) is 9.59 Å². The lowest BCUT2D eigenvalue weighted by Crippen LogP contribution is -2.48. The molecule has 4 aliphatic carbocycles. The number of hydrogen-bond acceptors (Lipinski definition) is 8. The van der Waals surface area contributed by atoms with Crippen molar-refractivity contribution in [2.24, 2.45) is 17.8 Å². The molecular weight excluding hydrogens is 622 g/mol. The Balaban J connectivity index is 1.25. The summed E-state index contributed by atoms with van der Waals surface area (Å²) < 4.78 is 27.8. The molecule has 3 aromatic carbocycles. The normalized spacial score (nSPS) is 23.6. The molecule has 3 aromatic rings. The lowest BCUT2D eigenvalue weighted by Gasteiger charge is -2.57. The first-order valence-electron chi connectivity index (χ1n) is 17.9. The number of nitrogens with one attached hydrogen (secondary N) is 1. The summed E-state index contributed by atoms with van der Waals surface area (Å²) in [6, 6.07) is 17.3. The highest BCUT2D eigenvalue weighted by Crippen LogP contribution is 2.62. The standard InChI is InChI=1S/C40H49NO8/c1-5-46-36(42)15-14-34(38(44)47-6-2)41-37(43)29-10-8-28(9-11-29)30-12-13-31-21-35(49-39(45-4)48-7-3)33(20-32(31)19-30)40-22-25-16-26(23-40)18-27(17-25)24-40/h8-13,19-21,25-27,34,39H,5-7,14-18,22-24H2,1-4H3,(H,41,43)/t25?,26?,27?,34-,39?,40?/m0/s1. The van der Waals surface area contributed by atoms with Gasteiger partial charge in [-0.15, -0.1) is 0 Å². The van der Waals surface area contributed by atoms with E-state index in [2.05, 4.69) is 35.6 Å². The lowest BCUT2D eigenvalue weighted by molar-refractivity contribution is -0.231. The molecule has 0 aliphatic heterocycles. The zero-order valence-electron chi connectivity index (χ0n) is 29.1. The van der Waals surface area contributed by atoms with E-state index in [0.29, 0.717) is 12.2 Å². The summed E-state index contributed by atoms with van der Waals surface area (Å²) in [4.78, 5) is 37.6. The summed E-state index contributed by atoms with van der Waals surface area (Å²) in [6.45, 7) is 5.50. The summed E-state index contributed by atoms with van der Waals surface area (Å²) in [5.74, 6) is 1.78. The van der Waals surface area contributed by atoms with Crippen LogP contribution in [0.3, 0.4) is 0 Å². The zero-order chi connectivity index (χ0) is 34.5. The van der Waals surface area contributed by atoms with Crippen LogP contribution in [-0.4, -0.2) is 57.3 Å². The molecule has 49 heavy (non-hydrogen) atoms. The van der Waals surface area contributed by atoms with E-state index in [9.17, 15) is 14.4 Å². The molecule has 4 bridgehead atoms. The molecular formula is C40H49NO8. The smallest absolute Gasteiger partial charge is 0.328 e. The van der Waals surface area contributed by atoms with Crippen molar-refractivity contribution in [1.82, 2.24) is 5.32 Å². The number of carbonyl (C=O) groups is 3. The minimum absolute atomic E-state index is 0.00379. The van der Waals surface area contributed by atoms with Crippen LogP contribution in [0.1, 0.15) is 88.1 Å². The van der Waals surface area contributed by atoms with Crippen LogP contribution in [0.5, 0.6) is 5.75 Å². The Morgan fingerprint density at radius 3 is 2.06 bits per heavy atom. The third-order valence-corrected chi connectivity index (χ3v) is 10.6. The van der Waals surface area contributed by atoms with E-state index in [-0.39, 0.29) is 31.5 Å². The van der Waals surface area contributed by atoms with Gasteiger partial charge in [0.1, 0.15) is 11.8 Å². The average Bonchev–Trinajstić information content (AvgIpc) is 3.09. The molecule has 1 unspecified atom stereocenters. The zero-order valence-corrected chi connectivity index (χ0v) is 29.1. The lowest BCUT2D eigenvalue weighted by atomic mass is 9.48. The third kappa shape index (κ3) is 7.78. The van der Waals surface area contributed by atoms with Crippen LogP contribution in [0.4, 0.5) is 0 Å². The van der Waals surface area contributed by atoms with Crippen LogP contribution in [0, 0.1) is 17.8 Å². The first-order chi connectivity index (χ1) is 23.7. The number of rotatable bonds is 15. The summed E-state index contributed by atoms with van der Waals surface area (Å²) in [6.07, 6.45) is 7.78. The van der Waals surface area contributed by atoms with Gasteiger partial charge in [0.05, 0.1) is 19.8 Å². The predicted molar refractivity (Wildman–Crippen MR) is 186 cm³/mol. The molecule has 262 valence electrons. The number of amides is 1. The van der Waals surface area contributed by atoms with Crippen LogP contribution in [0.25, 0.3) is 21.9 Å². The Morgan fingerprint density at radius 2 is 1.45 bits per heavy atom. The minimum atomic E-state index is -0.957. The molecule has 9 nitrogen and oxygen atoms in total. The molecule has 4 saturated carbocycles. The second kappa shape index (κ2) is 15.3. The number of ether oxygens (including phenoxy) is 5. The molecule has 9 heteroatoms. The molecule has 7 rings (SSSR count). The molecule has 0 aromatic heterocycles. The second-order valence-corrected chi connectivity index (χ2v) is 13.9. The van der Waals surface area contributed by atoms with E-state index in [1.54, 1.807) is 33.1 Å². The molecule has 0 radical (unpaired) electrons. The van der Waals surface area contributed by atoms with Crippen LogP contribution >= 0.6 is 0 Å². The van der Waals surface area contributed by atoms with Gasteiger partial charge >= 0.3 is 18.4 Å². The van der Waals surface area contributed by atoms with E-state index in [1.807, 2.05) is 19.1 Å². The van der Waals surface area contributed by atoms with Gasteiger partial charge in [0.2, 0.25) is 0 Å². The van der Waals surface area contributed by atoms with E-state index in [4.69, 9.17) is 23.7 Å². The predicted octanol–water partition coefficient (Wildman–Crippen LogP) is 7.32. The van der Waals surface area contributed by atoms with E-state index >= 15 is 0 Å². The molecule has 2 atom stereocenters. The quantitative estimate of drug-likeness (QED) is 0.132. The van der Waals surface area contributed by atoms with E-state index in [1.165, 1.54) is 44.1 Å². The number of methoxy groups -OCH3 is 1. The number of hydrogen-bond donors (Lipinski definition) is 1. The molecule has 1 N–H and O–H groups in total. The fourth-order valence-electron chi connectivity index (χ4n) is 8.84. The van der Waals surface area contributed by atoms with E-state index in [0.717, 1.165) is 45.4 Å². The Bertz CT molecular complexity index is 1610. The SMILES string of the molecule is CCOC(=O)CC[C@H](NC(=O)c1ccc(-c2ccc3cc(OC(OC)OCC)c(C45CC6CC(CC(C6)C4)C5)cc3c2)cc1)C(=O)OCC. The van der Waals surface area contributed by atoms with Gasteiger partial charge in [-0.2, -0.15) is 0 Å². The first kappa shape index (κ1) is 34.9. The molecule has 4 fully saturated rings. The molecule has 1 amide bonds. The van der Waals surface area contributed by atoms with Gasteiger partial charge in [-0.05, 0) is 141 Å². The summed E-state index contributed by atoms with van der Waals surface area (Å²) in [5, 5.41) is 4.95. The maximum Gasteiger partial charge on any atom is 0.328 e. The second-order valence-electron chi connectivity index (χ2n) is 13.9. The Morgan fingerprint density at radius 1 is 0.796 bits per heavy atom. The van der Waals surface area contributed by atoms with Crippen molar-refractivity contribution >= 4 is 28.6 Å². The van der Waals surface area contributed by atoms with E-state index < -0.39 is 30.4 Å². The van der Waals surface area contributed by atoms with Gasteiger partial charge in [-0.1, -0.05) is 24.3 Å². The number of esters is 2. The van der Waals surface area contributed by atoms with Crippen molar-refractivity contribution in [2.75, 3.05) is 26.9 Å².